The molecule has 8 heteroatoms. The van der Waals surface area contributed by atoms with Gasteiger partial charge in [-0.25, -0.2) is 0 Å². The van der Waals surface area contributed by atoms with Gasteiger partial charge < -0.3 is 18.9 Å². The average molecular weight is 510 g/mol. The SMILES string of the molecule is CCCOC(=O)C1C(C)=NC2=C(C(=O)C[C@@H](c3ccc(OC)cc3)C2)[C@@H]1c1cc2c(cc1Cl)OCO2. The second kappa shape index (κ2) is 9.97. The summed E-state index contributed by atoms with van der Waals surface area (Å²) in [4.78, 5) is 31.8. The number of aliphatic imine (C=N–C) groups is 1. The van der Waals surface area contributed by atoms with Crippen LogP contribution in [0.25, 0.3) is 0 Å². The van der Waals surface area contributed by atoms with Crippen LogP contribution in [0.15, 0.2) is 52.7 Å². The van der Waals surface area contributed by atoms with Crippen LogP contribution in [0.5, 0.6) is 17.2 Å². The number of carbonyl (C=O) groups excluding carboxylic acids is 2. The first kappa shape index (κ1) is 24.4. The second-order valence-corrected chi connectivity index (χ2v) is 9.67. The van der Waals surface area contributed by atoms with Gasteiger partial charge in [-0.1, -0.05) is 30.7 Å². The summed E-state index contributed by atoms with van der Waals surface area (Å²) in [7, 11) is 1.62. The van der Waals surface area contributed by atoms with Crippen LogP contribution in [0.2, 0.25) is 5.02 Å². The van der Waals surface area contributed by atoms with Gasteiger partial charge in [-0.05, 0) is 55.0 Å². The maximum Gasteiger partial charge on any atom is 0.315 e. The van der Waals surface area contributed by atoms with Crippen molar-refractivity contribution in [2.45, 2.75) is 44.9 Å². The van der Waals surface area contributed by atoms with Crippen molar-refractivity contribution >= 4 is 29.1 Å². The van der Waals surface area contributed by atoms with Crippen molar-refractivity contribution in [3.05, 3.63) is 63.8 Å². The number of rotatable bonds is 6. The molecule has 5 rings (SSSR count). The molecule has 0 amide bonds. The molecule has 2 aromatic rings. The Hall–Kier alpha value is -3.32. The lowest BCUT2D eigenvalue weighted by molar-refractivity contribution is -0.146. The van der Waals surface area contributed by atoms with Crippen LogP contribution >= 0.6 is 11.6 Å². The van der Waals surface area contributed by atoms with Crippen molar-refractivity contribution in [1.82, 2.24) is 0 Å². The lowest BCUT2D eigenvalue weighted by atomic mass is 9.69. The normalized spacial score (nSPS) is 22.7. The zero-order chi connectivity index (χ0) is 25.4. The molecule has 188 valence electrons. The van der Waals surface area contributed by atoms with E-state index in [0.717, 1.165) is 11.3 Å². The third-order valence-electron chi connectivity index (χ3n) is 7.01. The summed E-state index contributed by atoms with van der Waals surface area (Å²) < 4.78 is 21.9. The Morgan fingerprint density at radius 1 is 1.14 bits per heavy atom. The van der Waals surface area contributed by atoms with Crippen LogP contribution in [0.4, 0.5) is 0 Å². The molecule has 0 bridgehead atoms. The number of Topliss-reactive ketones (excluding diaryl/α,β-unsaturated/α-hetero) is 1. The fourth-order valence-corrected chi connectivity index (χ4v) is 5.55. The van der Waals surface area contributed by atoms with E-state index < -0.39 is 17.8 Å². The largest absolute Gasteiger partial charge is 0.497 e. The number of benzene rings is 2. The summed E-state index contributed by atoms with van der Waals surface area (Å²) in [5.74, 6) is 0.000593. The van der Waals surface area contributed by atoms with Crippen LogP contribution in [-0.4, -0.2) is 38.0 Å². The van der Waals surface area contributed by atoms with E-state index in [1.165, 1.54) is 0 Å². The predicted octanol–water partition coefficient (Wildman–Crippen LogP) is 5.61. The molecule has 0 N–H and O–H groups in total. The van der Waals surface area contributed by atoms with E-state index in [9.17, 15) is 9.59 Å². The fraction of sp³-hybridized carbons (Fsp3) is 0.393. The lowest BCUT2D eigenvalue weighted by Crippen LogP contribution is -2.38. The van der Waals surface area contributed by atoms with E-state index in [1.54, 1.807) is 19.2 Å². The third kappa shape index (κ3) is 4.37. The third-order valence-corrected chi connectivity index (χ3v) is 7.33. The molecule has 0 aromatic heterocycles. The zero-order valence-corrected chi connectivity index (χ0v) is 21.3. The molecular formula is C28H28ClNO6. The quantitative estimate of drug-likeness (QED) is 0.471. The monoisotopic (exact) mass is 509 g/mol. The molecular weight excluding hydrogens is 482 g/mol. The highest BCUT2D eigenvalue weighted by Gasteiger charge is 2.46. The van der Waals surface area contributed by atoms with Gasteiger partial charge in [-0.2, -0.15) is 0 Å². The van der Waals surface area contributed by atoms with Crippen molar-refractivity contribution in [2.24, 2.45) is 10.9 Å². The highest BCUT2D eigenvalue weighted by molar-refractivity contribution is 6.32. The Labute approximate surface area is 215 Å². The molecule has 3 aliphatic rings. The van der Waals surface area contributed by atoms with Gasteiger partial charge >= 0.3 is 5.97 Å². The van der Waals surface area contributed by atoms with Gasteiger partial charge in [0.05, 0.1) is 13.7 Å². The number of allylic oxidation sites excluding steroid dienone is 2. The molecule has 0 saturated carbocycles. The average Bonchev–Trinajstić information content (AvgIpc) is 3.33. The van der Waals surface area contributed by atoms with Crippen LogP contribution in [0, 0.1) is 5.92 Å². The van der Waals surface area contributed by atoms with Gasteiger partial charge in [-0.3, -0.25) is 14.6 Å². The van der Waals surface area contributed by atoms with E-state index in [-0.39, 0.29) is 18.5 Å². The van der Waals surface area contributed by atoms with Crippen LogP contribution in [0.1, 0.15) is 56.1 Å². The summed E-state index contributed by atoms with van der Waals surface area (Å²) >= 11 is 6.72. The summed E-state index contributed by atoms with van der Waals surface area (Å²) in [6.07, 6.45) is 1.59. The summed E-state index contributed by atoms with van der Waals surface area (Å²) in [5, 5.41) is 0.407. The Morgan fingerprint density at radius 2 is 1.86 bits per heavy atom. The molecule has 1 unspecified atom stereocenters. The summed E-state index contributed by atoms with van der Waals surface area (Å²) in [6.45, 7) is 4.14. The summed E-state index contributed by atoms with van der Waals surface area (Å²) in [5.41, 5.74) is 3.52. The number of carbonyl (C=O) groups is 2. The summed E-state index contributed by atoms with van der Waals surface area (Å²) in [6, 6.07) is 11.2. The minimum atomic E-state index is -0.755. The molecule has 2 aliphatic heterocycles. The topological polar surface area (TPSA) is 83.4 Å². The molecule has 2 heterocycles. The number of ketones is 1. The fourth-order valence-electron chi connectivity index (χ4n) is 5.28. The second-order valence-electron chi connectivity index (χ2n) is 9.26. The molecule has 2 aromatic carbocycles. The number of hydrogen-bond acceptors (Lipinski definition) is 7. The Bertz CT molecular complexity index is 1270. The first-order chi connectivity index (χ1) is 17.4. The molecule has 36 heavy (non-hydrogen) atoms. The van der Waals surface area contributed by atoms with Crippen LogP contribution < -0.4 is 14.2 Å². The number of fused-ring (bicyclic) bond motifs is 1. The van der Waals surface area contributed by atoms with Crippen molar-refractivity contribution in [2.75, 3.05) is 20.5 Å². The molecule has 1 aliphatic carbocycles. The van der Waals surface area contributed by atoms with E-state index in [0.29, 0.717) is 64.9 Å². The van der Waals surface area contributed by atoms with Gasteiger partial charge in [0.25, 0.3) is 0 Å². The van der Waals surface area contributed by atoms with Crippen LogP contribution in [0.3, 0.4) is 0 Å². The van der Waals surface area contributed by atoms with E-state index in [1.807, 2.05) is 38.1 Å². The lowest BCUT2D eigenvalue weighted by Gasteiger charge is -2.37. The molecule has 0 spiro atoms. The van der Waals surface area contributed by atoms with Gasteiger partial charge in [-0.15, -0.1) is 0 Å². The highest BCUT2D eigenvalue weighted by Crippen LogP contribution is 2.50. The number of esters is 1. The number of methoxy groups -OCH3 is 1. The van der Waals surface area contributed by atoms with Gasteiger partial charge in [0.15, 0.2) is 17.3 Å². The Morgan fingerprint density at radius 3 is 2.56 bits per heavy atom. The zero-order valence-electron chi connectivity index (χ0n) is 20.5. The smallest absolute Gasteiger partial charge is 0.315 e. The standard InChI is InChI=1S/C28H28ClNO6/c1-4-9-34-28(32)25-15(2)30-21-10-17(16-5-7-18(33-3)8-6-16)11-22(31)27(21)26(25)19-12-23-24(13-20(19)29)36-14-35-23/h5-8,12-13,17,25-26H,4,9-11,14H2,1-3H3/t17-,25?,26+/m0/s1. The first-order valence-electron chi connectivity index (χ1n) is 12.1. The Balaban J connectivity index is 1.59. The van der Waals surface area contributed by atoms with Crippen molar-refractivity contribution in [1.29, 1.82) is 0 Å². The van der Waals surface area contributed by atoms with Gasteiger partial charge in [0, 0.05) is 40.4 Å². The maximum atomic E-state index is 13.8. The van der Waals surface area contributed by atoms with Gasteiger partial charge in [0.1, 0.15) is 11.7 Å². The van der Waals surface area contributed by atoms with Gasteiger partial charge in [0.2, 0.25) is 6.79 Å². The minimum absolute atomic E-state index is 0.0184. The number of halogens is 1. The number of hydrogen-bond donors (Lipinski definition) is 0. The molecule has 3 atom stereocenters. The van der Waals surface area contributed by atoms with E-state index in [4.69, 9.17) is 35.5 Å². The predicted molar refractivity (Wildman–Crippen MR) is 135 cm³/mol. The number of nitrogens with zero attached hydrogens (tertiary/aromatic N) is 1. The van der Waals surface area contributed by atoms with Crippen LogP contribution in [-0.2, 0) is 14.3 Å². The van der Waals surface area contributed by atoms with Crippen molar-refractivity contribution in [3.63, 3.8) is 0 Å². The first-order valence-corrected chi connectivity index (χ1v) is 12.5. The molecule has 0 saturated heterocycles. The molecule has 7 nitrogen and oxygen atoms in total. The van der Waals surface area contributed by atoms with Crippen molar-refractivity contribution in [3.8, 4) is 17.2 Å². The number of ether oxygens (including phenoxy) is 4. The van der Waals surface area contributed by atoms with Crippen molar-refractivity contribution < 1.29 is 28.5 Å². The molecule has 0 fully saturated rings. The maximum absolute atomic E-state index is 13.8. The van der Waals surface area contributed by atoms with E-state index in [2.05, 4.69) is 0 Å². The van der Waals surface area contributed by atoms with E-state index >= 15 is 0 Å². The Kier molecular flexibility index (Phi) is 6.75. The molecule has 0 radical (unpaired) electrons. The highest BCUT2D eigenvalue weighted by atomic mass is 35.5. The minimum Gasteiger partial charge on any atom is -0.497 e.